The first-order chi connectivity index (χ1) is 11.7. The van der Waals surface area contributed by atoms with Gasteiger partial charge in [-0.2, -0.15) is 0 Å². The van der Waals surface area contributed by atoms with Crippen LogP contribution in [-0.4, -0.2) is 23.8 Å². The summed E-state index contributed by atoms with van der Waals surface area (Å²) in [4.78, 5) is 25.8. The van der Waals surface area contributed by atoms with Crippen molar-refractivity contribution in [3.63, 3.8) is 0 Å². The summed E-state index contributed by atoms with van der Waals surface area (Å²) in [5, 5.41) is 2.19. The van der Waals surface area contributed by atoms with E-state index in [0.29, 0.717) is 27.2 Å². The molecule has 24 heavy (non-hydrogen) atoms. The molecule has 0 aliphatic carbocycles. The fourth-order valence-corrected chi connectivity index (χ4v) is 4.14. The quantitative estimate of drug-likeness (QED) is 0.527. The maximum Gasteiger partial charge on any atom is 0.345 e. The number of esters is 1. The fraction of sp³-hybridized carbons (Fsp3) is 0.250. The second-order valence-corrected chi connectivity index (χ2v) is 6.27. The molecule has 8 heteroatoms. The van der Waals surface area contributed by atoms with Gasteiger partial charge in [0.1, 0.15) is 10.4 Å². The number of thiazole rings is 1. The third kappa shape index (κ3) is 2.08. The molecule has 0 saturated carbocycles. The molecule has 0 spiro atoms. The number of nitrogens with zero attached hydrogens (tertiary/aromatic N) is 1. The topological polar surface area (TPSA) is 66.2 Å². The highest BCUT2D eigenvalue weighted by molar-refractivity contribution is 7.16. The van der Waals surface area contributed by atoms with Crippen molar-refractivity contribution < 1.29 is 19.0 Å². The van der Waals surface area contributed by atoms with Gasteiger partial charge in [-0.1, -0.05) is 0 Å². The summed E-state index contributed by atoms with van der Waals surface area (Å²) in [6.07, 6.45) is 0. The molecular weight excluding hydrogens is 354 g/mol. The number of carbonyl (C=O) groups is 1. The molecule has 0 fully saturated rings. The van der Waals surface area contributed by atoms with E-state index in [2.05, 4.69) is 0 Å². The van der Waals surface area contributed by atoms with Crippen LogP contribution < -0.4 is 14.9 Å². The third-order valence-corrected chi connectivity index (χ3v) is 5.10. The summed E-state index contributed by atoms with van der Waals surface area (Å²) in [5.74, 6) is 0.653. The van der Waals surface area contributed by atoms with Crippen LogP contribution in [0.5, 0.6) is 11.5 Å². The molecular formula is C16H12ClNO5S. The Labute approximate surface area is 145 Å². The first-order valence-electron chi connectivity index (χ1n) is 7.27. The molecule has 6 nitrogen and oxygen atoms in total. The number of benzene rings is 1. The molecule has 3 aromatic rings. The Bertz CT molecular complexity index is 1040. The Hall–Kier alpha value is -2.25. The lowest BCUT2D eigenvalue weighted by Crippen LogP contribution is -2.20. The molecule has 0 amide bonds. The first kappa shape index (κ1) is 15.3. The zero-order valence-electron chi connectivity index (χ0n) is 12.6. The number of alkyl halides is 1. The minimum absolute atomic E-state index is 0.0181. The van der Waals surface area contributed by atoms with Crippen LogP contribution in [0, 0.1) is 0 Å². The smallest absolute Gasteiger partial charge is 0.345 e. The van der Waals surface area contributed by atoms with Crippen molar-refractivity contribution in [2.45, 2.75) is 12.8 Å². The highest BCUT2D eigenvalue weighted by atomic mass is 35.5. The van der Waals surface area contributed by atoms with Gasteiger partial charge in [-0.05, 0) is 13.0 Å². The van der Waals surface area contributed by atoms with Crippen LogP contribution >= 0.6 is 22.9 Å². The Morgan fingerprint density at radius 1 is 1.38 bits per heavy atom. The summed E-state index contributed by atoms with van der Waals surface area (Å²) >= 11 is 7.32. The Balaban J connectivity index is 2.17. The van der Waals surface area contributed by atoms with E-state index in [1.807, 2.05) is 9.78 Å². The number of pyridine rings is 1. The van der Waals surface area contributed by atoms with Gasteiger partial charge in [-0.15, -0.1) is 22.9 Å². The zero-order valence-corrected chi connectivity index (χ0v) is 14.2. The number of aromatic nitrogens is 1. The van der Waals surface area contributed by atoms with Gasteiger partial charge in [-0.25, -0.2) is 4.79 Å². The van der Waals surface area contributed by atoms with Gasteiger partial charge in [-0.3, -0.25) is 4.79 Å². The number of fused-ring (bicyclic) bond motifs is 4. The molecule has 0 saturated heterocycles. The van der Waals surface area contributed by atoms with E-state index < -0.39 is 5.97 Å². The number of hydrogen-bond acceptors (Lipinski definition) is 6. The van der Waals surface area contributed by atoms with Crippen molar-refractivity contribution in [3.05, 3.63) is 39.0 Å². The van der Waals surface area contributed by atoms with Crippen molar-refractivity contribution in [2.75, 3.05) is 13.4 Å². The van der Waals surface area contributed by atoms with E-state index in [-0.39, 0.29) is 30.3 Å². The summed E-state index contributed by atoms with van der Waals surface area (Å²) < 4.78 is 17.6. The summed E-state index contributed by atoms with van der Waals surface area (Å²) in [7, 11) is 0. The van der Waals surface area contributed by atoms with Gasteiger partial charge in [0.25, 0.3) is 0 Å². The van der Waals surface area contributed by atoms with Crippen LogP contribution in [0.25, 0.3) is 15.7 Å². The second-order valence-electron chi connectivity index (χ2n) is 5.15. The van der Waals surface area contributed by atoms with E-state index in [4.69, 9.17) is 25.8 Å². The molecule has 0 atom stereocenters. The van der Waals surface area contributed by atoms with E-state index >= 15 is 0 Å². The molecule has 3 heterocycles. The molecule has 0 N–H and O–H groups in total. The largest absolute Gasteiger partial charge is 0.462 e. The van der Waals surface area contributed by atoms with Crippen molar-refractivity contribution in [1.82, 2.24) is 4.40 Å². The van der Waals surface area contributed by atoms with Crippen molar-refractivity contribution >= 4 is 44.6 Å². The van der Waals surface area contributed by atoms with Gasteiger partial charge < -0.3 is 18.6 Å². The SMILES string of the molecule is CCOC(=O)c1c(=O)c2cc3c(cc2n2c(CCl)csc12)OCO3. The number of carbonyl (C=O) groups excluding carboxylic acids is 1. The van der Waals surface area contributed by atoms with Gasteiger partial charge in [0.15, 0.2) is 11.5 Å². The Morgan fingerprint density at radius 3 is 2.83 bits per heavy atom. The van der Waals surface area contributed by atoms with E-state index in [1.165, 1.54) is 11.3 Å². The van der Waals surface area contributed by atoms with Crippen molar-refractivity contribution in [3.8, 4) is 11.5 Å². The molecule has 2 aromatic heterocycles. The van der Waals surface area contributed by atoms with Gasteiger partial charge in [0, 0.05) is 17.1 Å². The van der Waals surface area contributed by atoms with E-state index in [9.17, 15) is 9.59 Å². The Morgan fingerprint density at radius 2 is 2.12 bits per heavy atom. The van der Waals surface area contributed by atoms with Crippen LogP contribution in [0.4, 0.5) is 0 Å². The van der Waals surface area contributed by atoms with Gasteiger partial charge >= 0.3 is 5.97 Å². The molecule has 4 rings (SSSR count). The van der Waals surface area contributed by atoms with Crippen LogP contribution in [-0.2, 0) is 10.6 Å². The third-order valence-electron chi connectivity index (χ3n) is 3.83. The normalized spacial score (nSPS) is 12.9. The molecule has 0 bridgehead atoms. The Kier molecular flexibility index (Phi) is 3.62. The highest BCUT2D eigenvalue weighted by Crippen LogP contribution is 2.37. The van der Waals surface area contributed by atoms with Crippen LogP contribution in [0.1, 0.15) is 23.0 Å². The first-order valence-corrected chi connectivity index (χ1v) is 8.68. The summed E-state index contributed by atoms with van der Waals surface area (Å²) in [5.41, 5.74) is 1.05. The number of hydrogen-bond donors (Lipinski definition) is 0. The van der Waals surface area contributed by atoms with Crippen molar-refractivity contribution in [1.29, 1.82) is 0 Å². The molecule has 0 unspecified atom stereocenters. The van der Waals surface area contributed by atoms with Crippen LogP contribution in [0.15, 0.2) is 22.3 Å². The predicted octanol–water partition coefficient (Wildman–Crippen LogP) is 3.16. The molecule has 1 aromatic carbocycles. The van der Waals surface area contributed by atoms with Crippen LogP contribution in [0.2, 0.25) is 0 Å². The predicted molar refractivity (Wildman–Crippen MR) is 90.7 cm³/mol. The maximum atomic E-state index is 12.9. The molecule has 124 valence electrons. The maximum absolute atomic E-state index is 12.9. The summed E-state index contributed by atoms with van der Waals surface area (Å²) in [6, 6.07) is 3.34. The minimum Gasteiger partial charge on any atom is -0.462 e. The number of halogens is 1. The second kappa shape index (κ2) is 5.68. The fourth-order valence-electron chi connectivity index (χ4n) is 2.80. The van der Waals surface area contributed by atoms with Gasteiger partial charge in [0.05, 0.1) is 23.4 Å². The molecule has 1 aliphatic rings. The zero-order chi connectivity index (χ0) is 16.8. The lowest BCUT2D eigenvalue weighted by atomic mass is 10.1. The number of rotatable bonds is 3. The lowest BCUT2D eigenvalue weighted by molar-refractivity contribution is 0.0527. The molecule has 1 aliphatic heterocycles. The monoisotopic (exact) mass is 365 g/mol. The summed E-state index contributed by atoms with van der Waals surface area (Å²) in [6.45, 7) is 1.99. The molecule has 0 radical (unpaired) electrons. The van der Waals surface area contributed by atoms with E-state index in [1.54, 1.807) is 19.1 Å². The number of ether oxygens (including phenoxy) is 3. The standard InChI is InChI=1S/C16H12ClNO5S/c1-2-21-16(20)13-14(19)9-3-11-12(23-7-22-11)4-10(9)18-8(5-17)6-24-15(13)18/h3-4,6H,2,5,7H2,1H3. The average Bonchev–Trinajstić information content (AvgIpc) is 3.19. The van der Waals surface area contributed by atoms with Gasteiger partial charge in [0.2, 0.25) is 12.2 Å². The average molecular weight is 366 g/mol. The highest BCUT2D eigenvalue weighted by Gasteiger charge is 2.25. The van der Waals surface area contributed by atoms with E-state index in [0.717, 1.165) is 5.69 Å². The lowest BCUT2D eigenvalue weighted by Gasteiger charge is -2.10. The van der Waals surface area contributed by atoms with Crippen molar-refractivity contribution in [2.24, 2.45) is 0 Å². The minimum atomic E-state index is -0.637. The van der Waals surface area contributed by atoms with Crippen LogP contribution in [0.3, 0.4) is 0 Å².